The van der Waals surface area contributed by atoms with E-state index in [1.165, 1.54) is 16.5 Å². The normalized spacial score (nSPS) is 16.2. The van der Waals surface area contributed by atoms with Gasteiger partial charge in [0.1, 0.15) is 0 Å². The van der Waals surface area contributed by atoms with Gasteiger partial charge in [-0.15, -0.1) is 0 Å². The molecule has 0 amide bonds. The highest BCUT2D eigenvalue weighted by Gasteiger charge is 2.09. The van der Waals surface area contributed by atoms with Crippen LogP contribution in [0.25, 0.3) is 5.65 Å². The molecule has 1 aliphatic heterocycles. The Morgan fingerprint density at radius 3 is 3.00 bits per heavy atom. The molecule has 0 aliphatic carbocycles. The minimum Gasteiger partial charge on any atom is -0.504 e. The molecule has 0 radical (unpaired) electrons. The lowest BCUT2D eigenvalue weighted by molar-refractivity contribution is 0.0384. The van der Waals surface area contributed by atoms with Crippen LogP contribution in [0, 0.1) is 0 Å². The van der Waals surface area contributed by atoms with Crippen LogP contribution in [0.1, 0.15) is 5.69 Å². The molecule has 0 aromatic carbocycles. The Morgan fingerprint density at radius 1 is 1.36 bits per heavy atom. The van der Waals surface area contributed by atoms with Crippen molar-refractivity contribution in [2.24, 2.45) is 0 Å². The lowest BCUT2D eigenvalue weighted by Gasteiger charge is -2.26. The van der Waals surface area contributed by atoms with Crippen molar-refractivity contribution in [1.29, 1.82) is 0 Å². The maximum absolute atomic E-state index is 12.0. The summed E-state index contributed by atoms with van der Waals surface area (Å²) in [5, 5.41) is 13.1. The molecule has 2 N–H and O–H groups in total. The van der Waals surface area contributed by atoms with Crippen LogP contribution in [0.4, 0.5) is 0 Å². The Balaban J connectivity index is 1.59. The highest BCUT2D eigenvalue weighted by atomic mass is 16.5. The molecule has 0 spiro atoms. The molecule has 1 fully saturated rings. The lowest BCUT2D eigenvalue weighted by Crippen LogP contribution is -2.40. The predicted molar refractivity (Wildman–Crippen MR) is 82.1 cm³/mol. The zero-order valence-electron chi connectivity index (χ0n) is 12.4. The Labute approximate surface area is 128 Å². The van der Waals surface area contributed by atoms with Gasteiger partial charge in [0.2, 0.25) is 0 Å². The van der Waals surface area contributed by atoms with Gasteiger partial charge in [-0.2, -0.15) is 0 Å². The number of pyridine rings is 1. The van der Waals surface area contributed by atoms with E-state index in [-0.39, 0.29) is 11.3 Å². The summed E-state index contributed by atoms with van der Waals surface area (Å²) in [6, 6.07) is 4.64. The van der Waals surface area contributed by atoms with E-state index in [9.17, 15) is 9.90 Å². The van der Waals surface area contributed by atoms with Crippen molar-refractivity contribution in [3.05, 3.63) is 40.4 Å². The summed E-state index contributed by atoms with van der Waals surface area (Å²) in [5.74, 6) is 0.00904. The molecule has 22 heavy (non-hydrogen) atoms. The number of aromatic nitrogens is 2. The van der Waals surface area contributed by atoms with Gasteiger partial charge in [-0.25, -0.2) is 4.98 Å². The van der Waals surface area contributed by atoms with Gasteiger partial charge in [0.25, 0.3) is 5.56 Å². The second-order valence-corrected chi connectivity index (χ2v) is 5.30. The molecule has 7 heteroatoms. The summed E-state index contributed by atoms with van der Waals surface area (Å²) in [6.45, 7) is 5.79. The summed E-state index contributed by atoms with van der Waals surface area (Å²) >= 11 is 0. The molecule has 7 nitrogen and oxygen atoms in total. The smallest absolute Gasteiger partial charge is 0.258 e. The molecule has 2 aromatic heterocycles. The summed E-state index contributed by atoms with van der Waals surface area (Å²) in [6.07, 6.45) is 1.60. The number of aromatic hydroxyl groups is 1. The molecule has 0 atom stereocenters. The Bertz CT molecular complexity index is 695. The van der Waals surface area contributed by atoms with Crippen LogP contribution in [0.2, 0.25) is 0 Å². The van der Waals surface area contributed by atoms with Crippen LogP contribution in [0.15, 0.2) is 29.2 Å². The van der Waals surface area contributed by atoms with E-state index >= 15 is 0 Å². The number of rotatable bonds is 5. The number of ether oxygens (including phenoxy) is 1. The van der Waals surface area contributed by atoms with Gasteiger partial charge in [-0.1, -0.05) is 0 Å². The van der Waals surface area contributed by atoms with Gasteiger partial charge in [0.05, 0.1) is 18.9 Å². The maximum atomic E-state index is 12.0. The largest absolute Gasteiger partial charge is 0.504 e. The highest BCUT2D eigenvalue weighted by molar-refractivity contribution is 5.52. The Hall–Kier alpha value is -1.96. The quantitative estimate of drug-likeness (QED) is 0.746. The third-order valence-electron chi connectivity index (χ3n) is 3.74. The summed E-state index contributed by atoms with van der Waals surface area (Å²) in [7, 11) is 0. The Morgan fingerprint density at radius 2 is 2.18 bits per heavy atom. The first-order valence-corrected chi connectivity index (χ1v) is 7.45. The predicted octanol–water partition coefficient (Wildman–Crippen LogP) is -0.178. The van der Waals surface area contributed by atoms with Crippen LogP contribution in [-0.2, 0) is 11.3 Å². The average Bonchev–Trinajstić information content (AvgIpc) is 2.54. The van der Waals surface area contributed by atoms with Crippen molar-refractivity contribution >= 4 is 5.65 Å². The number of fused-ring (bicyclic) bond motifs is 1. The van der Waals surface area contributed by atoms with Crippen LogP contribution >= 0.6 is 0 Å². The maximum Gasteiger partial charge on any atom is 0.258 e. The number of morpholine rings is 1. The second-order valence-electron chi connectivity index (χ2n) is 5.30. The van der Waals surface area contributed by atoms with Crippen molar-refractivity contribution in [2.75, 3.05) is 39.4 Å². The van der Waals surface area contributed by atoms with E-state index in [0.29, 0.717) is 17.9 Å². The summed E-state index contributed by atoms with van der Waals surface area (Å²) in [4.78, 5) is 18.7. The van der Waals surface area contributed by atoms with E-state index in [1.54, 1.807) is 12.3 Å². The van der Waals surface area contributed by atoms with E-state index in [0.717, 1.165) is 39.4 Å². The first-order valence-electron chi connectivity index (χ1n) is 7.45. The molecular formula is C15H20N4O3. The monoisotopic (exact) mass is 304 g/mol. The first-order chi connectivity index (χ1) is 10.7. The van der Waals surface area contributed by atoms with E-state index in [1.807, 2.05) is 0 Å². The fourth-order valence-corrected chi connectivity index (χ4v) is 2.53. The first kappa shape index (κ1) is 15.0. The fourth-order valence-electron chi connectivity index (χ4n) is 2.53. The molecule has 118 valence electrons. The molecule has 1 saturated heterocycles. The molecule has 3 rings (SSSR count). The van der Waals surface area contributed by atoms with Crippen molar-refractivity contribution in [1.82, 2.24) is 19.6 Å². The third-order valence-corrected chi connectivity index (χ3v) is 3.74. The van der Waals surface area contributed by atoms with Gasteiger partial charge in [-0.3, -0.25) is 14.1 Å². The molecule has 0 unspecified atom stereocenters. The van der Waals surface area contributed by atoms with Crippen molar-refractivity contribution in [3.8, 4) is 5.75 Å². The van der Waals surface area contributed by atoms with Gasteiger partial charge in [0, 0.05) is 45.0 Å². The highest BCUT2D eigenvalue weighted by Crippen LogP contribution is 2.13. The topological polar surface area (TPSA) is 79.1 Å². The van der Waals surface area contributed by atoms with Crippen LogP contribution in [-0.4, -0.2) is 58.8 Å². The number of nitrogens with one attached hydrogen (secondary N) is 1. The fraction of sp³-hybridized carbons (Fsp3) is 0.467. The summed E-state index contributed by atoms with van der Waals surface area (Å²) in [5.41, 5.74) is 0.735. The van der Waals surface area contributed by atoms with Crippen molar-refractivity contribution < 1.29 is 9.84 Å². The molecule has 2 aromatic rings. The Kier molecular flexibility index (Phi) is 4.67. The van der Waals surface area contributed by atoms with Crippen LogP contribution in [0.5, 0.6) is 5.75 Å². The number of nitrogens with zero attached hydrogens (tertiary/aromatic N) is 3. The van der Waals surface area contributed by atoms with E-state index in [2.05, 4.69) is 15.2 Å². The minimum atomic E-state index is -0.189. The zero-order valence-corrected chi connectivity index (χ0v) is 12.4. The SMILES string of the molecule is O=c1cc(CNCCN2CCOCC2)nc2c(O)cccn12. The minimum absolute atomic E-state index is 0.00904. The number of hydrogen-bond donors (Lipinski definition) is 2. The summed E-state index contributed by atoms with van der Waals surface area (Å²) < 4.78 is 6.65. The van der Waals surface area contributed by atoms with Gasteiger partial charge in [-0.05, 0) is 12.1 Å². The molecule has 0 saturated carbocycles. The molecular weight excluding hydrogens is 284 g/mol. The molecule has 0 bridgehead atoms. The average molecular weight is 304 g/mol. The zero-order chi connectivity index (χ0) is 15.4. The van der Waals surface area contributed by atoms with Gasteiger partial charge in [0.15, 0.2) is 11.4 Å². The lowest BCUT2D eigenvalue weighted by atomic mass is 10.3. The molecule has 3 heterocycles. The van der Waals surface area contributed by atoms with Gasteiger partial charge >= 0.3 is 0 Å². The standard InChI is InChI=1S/C15H20N4O3/c20-13-2-1-4-19-14(21)10-12(17-15(13)19)11-16-3-5-18-6-8-22-9-7-18/h1-2,4,10,16,20H,3,5-9,11H2. The third kappa shape index (κ3) is 3.44. The van der Waals surface area contributed by atoms with Crippen LogP contribution < -0.4 is 10.9 Å². The van der Waals surface area contributed by atoms with E-state index in [4.69, 9.17) is 4.74 Å². The van der Waals surface area contributed by atoms with Crippen LogP contribution in [0.3, 0.4) is 0 Å². The number of hydrogen-bond acceptors (Lipinski definition) is 6. The molecule has 1 aliphatic rings. The van der Waals surface area contributed by atoms with Crippen molar-refractivity contribution in [2.45, 2.75) is 6.54 Å². The second kappa shape index (κ2) is 6.87. The van der Waals surface area contributed by atoms with E-state index < -0.39 is 0 Å². The van der Waals surface area contributed by atoms with Crippen molar-refractivity contribution in [3.63, 3.8) is 0 Å². The van der Waals surface area contributed by atoms with Gasteiger partial charge < -0.3 is 15.2 Å².